The van der Waals surface area contributed by atoms with Gasteiger partial charge in [0.1, 0.15) is 11.9 Å². The van der Waals surface area contributed by atoms with Gasteiger partial charge in [0.25, 0.3) is 0 Å². The second-order valence-electron chi connectivity index (χ2n) is 5.67. The Labute approximate surface area is 151 Å². The number of hydrogen-bond acceptors (Lipinski definition) is 4. The van der Waals surface area contributed by atoms with Crippen molar-refractivity contribution in [3.05, 3.63) is 65.7 Å². The van der Waals surface area contributed by atoms with E-state index in [1.807, 2.05) is 30.3 Å². The quantitative estimate of drug-likeness (QED) is 0.575. The maximum absolute atomic E-state index is 12.0. The lowest BCUT2D eigenvalue weighted by molar-refractivity contribution is -0.142. The molecule has 2 aromatic rings. The van der Waals surface area contributed by atoms with Gasteiger partial charge in [0.15, 0.2) is 6.04 Å². The minimum atomic E-state index is -1.47. The zero-order valence-electron chi connectivity index (χ0n) is 14.4. The van der Waals surface area contributed by atoms with Crippen LogP contribution >= 0.6 is 0 Å². The Morgan fingerprint density at radius 3 is 2.31 bits per heavy atom. The summed E-state index contributed by atoms with van der Waals surface area (Å²) in [5.41, 5.74) is 1.42. The third kappa shape index (κ3) is 5.49. The minimum absolute atomic E-state index is 0.348. The number of rotatable bonds is 8. The molecule has 2 aromatic carbocycles. The number of urea groups is 1. The minimum Gasteiger partial charge on any atom is -0.497 e. The molecule has 7 nitrogen and oxygen atoms in total. The van der Waals surface area contributed by atoms with Crippen LogP contribution in [0, 0.1) is 0 Å². The molecule has 0 radical (unpaired) electrons. The maximum Gasteiger partial charge on any atom is 0.329 e. The molecule has 26 heavy (non-hydrogen) atoms. The molecule has 0 bridgehead atoms. The van der Waals surface area contributed by atoms with E-state index >= 15 is 0 Å². The normalized spacial score (nSPS) is 12.7. The van der Waals surface area contributed by atoms with Gasteiger partial charge in [0, 0.05) is 6.54 Å². The van der Waals surface area contributed by atoms with Crippen molar-refractivity contribution in [3.8, 4) is 5.75 Å². The van der Waals surface area contributed by atoms with Gasteiger partial charge >= 0.3 is 12.0 Å². The van der Waals surface area contributed by atoms with E-state index < -0.39 is 24.1 Å². The third-order valence-electron chi connectivity index (χ3n) is 3.87. The molecule has 2 atom stereocenters. The number of ether oxygens (including phenoxy) is 1. The lowest BCUT2D eigenvalue weighted by Gasteiger charge is -2.21. The SMILES string of the molecule is COc1ccc(C(O)C(NC(=O)NCCc2ccccc2)C(=O)O)cc1. The number of amides is 2. The Bertz CT molecular complexity index is 718. The van der Waals surface area contributed by atoms with Crippen LogP contribution in [0.5, 0.6) is 5.75 Å². The van der Waals surface area contributed by atoms with Gasteiger partial charge < -0.3 is 25.6 Å². The molecule has 0 saturated heterocycles. The van der Waals surface area contributed by atoms with Gasteiger partial charge in [-0.2, -0.15) is 0 Å². The van der Waals surface area contributed by atoms with E-state index in [0.29, 0.717) is 24.3 Å². The van der Waals surface area contributed by atoms with E-state index in [-0.39, 0.29) is 0 Å². The average Bonchev–Trinajstić information content (AvgIpc) is 2.66. The van der Waals surface area contributed by atoms with Crippen molar-refractivity contribution in [1.82, 2.24) is 10.6 Å². The summed E-state index contributed by atoms with van der Waals surface area (Å²) in [5.74, 6) is -0.744. The molecule has 0 aliphatic carbocycles. The number of carbonyl (C=O) groups excluding carboxylic acids is 1. The predicted octanol–water partition coefficient (Wildman–Crippen LogP) is 1.72. The monoisotopic (exact) mass is 358 g/mol. The van der Waals surface area contributed by atoms with Crippen molar-refractivity contribution in [3.63, 3.8) is 0 Å². The molecule has 4 N–H and O–H groups in total. The molecule has 0 saturated carbocycles. The number of methoxy groups -OCH3 is 1. The van der Waals surface area contributed by atoms with Crippen LogP contribution in [0.4, 0.5) is 4.79 Å². The third-order valence-corrected chi connectivity index (χ3v) is 3.87. The molecule has 0 spiro atoms. The Kier molecular flexibility index (Phi) is 6.99. The fourth-order valence-electron chi connectivity index (χ4n) is 2.43. The van der Waals surface area contributed by atoms with Crippen LogP contribution in [0.15, 0.2) is 54.6 Å². The summed E-state index contributed by atoms with van der Waals surface area (Å²) in [7, 11) is 1.51. The number of benzene rings is 2. The molecule has 2 amide bonds. The molecular formula is C19H22N2O5. The first-order chi connectivity index (χ1) is 12.5. The predicted molar refractivity (Wildman–Crippen MR) is 96.1 cm³/mol. The van der Waals surface area contributed by atoms with Gasteiger partial charge in [-0.25, -0.2) is 9.59 Å². The van der Waals surface area contributed by atoms with Crippen molar-refractivity contribution >= 4 is 12.0 Å². The zero-order chi connectivity index (χ0) is 18.9. The number of aliphatic carboxylic acids is 1. The second-order valence-corrected chi connectivity index (χ2v) is 5.67. The summed E-state index contributed by atoms with van der Waals surface area (Å²) in [6.07, 6.45) is -0.772. The fraction of sp³-hybridized carbons (Fsp3) is 0.263. The molecule has 138 valence electrons. The highest BCUT2D eigenvalue weighted by Crippen LogP contribution is 2.20. The molecule has 0 aliphatic rings. The first-order valence-electron chi connectivity index (χ1n) is 8.14. The molecule has 7 heteroatoms. The highest BCUT2D eigenvalue weighted by molar-refractivity contribution is 5.83. The van der Waals surface area contributed by atoms with E-state index in [0.717, 1.165) is 5.56 Å². The summed E-state index contributed by atoms with van der Waals surface area (Å²) in [6.45, 7) is 0.348. The lowest BCUT2D eigenvalue weighted by atomic mass is 10.0. The fourth-order valence-corrected chi connectivity index (χ4v) is 2.43. The van der Waals surface area contributed by atoms with Crippen LogP contribution < -0.4 is 15.4 Å². The Morgan fingerprint density at radius 2 is 1.73 bits per heavy atom. The van der Waals surface area contributed by atoms with Gasteiger partial charge in [0.05, 0.1) is 7.11 Å². The number of nitrogens with one attached hydrogen (secondary N) is 2. The first kappa shape index (κ1) is 19.3. The van der Waals surface area contributed by atoms with E-state index in [2.05, 4.69) is 10.6 Å². The summed E-state index contributed by atoms with van der Waals surface area (Å²) in [5, 5.41) is 24.5. The Morgan fingerprint density at radius 1 is 1.08 bits per heavy atom. The number of aliphatic hydroxyl groups is 1. The van der Waals surface area contributed by atoms with Gasteiger partial charge in [-0.15, -0.1) is 0 Å². The van der Waals surface area contributed by atoms with Crippen molar-refractivity contribution in [2.45, 2.75) is 18.6 Å². The molecule has 2 rings (SSSR count). The van der Waals surface area contributed by atoms with Crippen LogP contribution in [0.2, 0.25) is 0 Å². The van der Waals surface area contributed by atoms with Crippen molar-refractivity contribution in [1.29, 1.82) is 0 Å². The molecule has 0 fully saturated rings. The number of carboxylic acid groups (broad SMARTS) is 1. The van der Waals surface area contributed by atoms with E-state index in [1.54, 1.807) is 24.3 Å². The number of carbonyl (C=O) groups is 2. The Balaban J connectivity index is 1.91. The standard InChI is InChI=1S/C19H22N2O5/c1-26-15-9-7-14(8-10-15)17(22)16(18(23)24)21-19(25)20-12-11-13-5-3-2-4-6-13/h2-10,16-17,22H,11-12H2,1H3,(H,23,24)(H2,20,21,25). The molecule has 2 unspecified atom stereocenters. The van der Waals surface area contributed by atoms with E-state index in [4.69, 9.17) is 4.74 Å². The van der Waals surface area contributed by atoms with Crippen LogP contribution in [-0.2, 0) is 11.2 Å². The van der Waals surface area contributed by atoms with Gasteiger partial charge in [-0.05, 0) is 29.7 Å². The van der Waals surface area contributed by atoms with E-state index in [9.17, 15) is 19.8 Å². The summed E-state index contributed by atoms with van der Waals surface area (Å²) in [4.78, 5) is 23.4. The maximum atomic E-state index is 12.0. The number of aliphatic hydroxyl groups excluding tert-OH is 1. The Hall–Kier alpha value is -3.06. The van der Waals surface area contributed by atoms with Gasteiger partial charge in [0.2, 0.25) is 0 Å². The largest absolute Gasteiger partial charge is 0.497 e. The molecule has 0 aromatic heterocycles. The van der Waals surface area contributed by atoms with Crippen molar-refractivity contribution < 1.29 is 24.5 Å². The van der Waals surface area contributed by atoms with Crippen LogP contribution in [0.1, 0.15) is 17.2 Å². The second kappa shape index (κ2) is 9.43. The first-order valence-corrected chi connectivity index (χ1v) is 8.14. The molecule has 0 aliphatic heterocycles. The zero-order valence-corrected chi connectivity index (χ0v) is 14.4. The lowest BCUT2D eigenvalue weighted by Crippen LogP contribution is -2.49. The van der Waals surface area contributed by atoms with Crippen LogP contribution in [-0.4, -0.2) is 41.9 Å². The summed E-state index contributed by atoms with van der Waals surface area (Å²) >= 11 is 0. The van der Waals surface area contributed by atoms with Crippen LogP contribution in [0.25, 0.3) is 0 Å². The average molecular weight is 358 g/mol. The van der Waals surface area contributed by atoms with Crippen molar-refractivity contribution in [2.24, 2.45) is 0 Å². The van der Waals surface area contributed by atoms with Gasteiger partial charge in [-0.3, -0.25) is 0 Å². The number of carboxylic acids is 1. The summed E-state index contributed by atoms with van der Waals surface area (Å²) in [6, 6.07) is 13.8. The highest BCUT2D eigenvalue weighted by Gasteiger charge is 2.29. The van der Waals surface area contributed by atoms with Gasteiger partial charge in [-0.1, -0.05) is 42.5 Å². The molecular weight excluding hydrogens is 336 g/mol. The smallest absolute Gasteiger partial charge is 0.329 e. The van der Waals surface area contributed by atoms with Crippen LogP contribution in [0.3, 0.4) is 0 Å². The summed E-state index contributed by atoms with van der Waals surface area (Å²) < 4.78 is 5.02. The topological polar surface area (TPSA) is 108 Å². The molecule has 0 heterocycles. The number of hydrogen-bond donors (Lipinski definition) is 4. The van der Waals surface area contributed by atoms with E-state index in [1.165, 1.54) is 7.11 Å². The highest BCUT2D eigenvalue weighted by atomic mass is 16.5. The van der Waals surface area contributed by atoms with Crippen molar-refractivity contribution in [2.75, 3.05) is 13.7 Å².